The van der Waals surface area contributed by atoms with Gasteiger partial charge in [0.1, 0.15) is 17.9 Å². The lowest BCUT2D eigenvalue weighted by Crippen LogP contribution is -2.11. The number of nitrogens with zero attached hydrogens (tertiary/aromatic N) is 3. The highest BCUT2D eigenvalue weighted by molar-refractivity contribution is 5.74. The molecule has 0 amide bonds. The van der Waals surface area contributed by atoms with Crippen LogP contribution >= 0.6 is 0 Å². The van der Waals surface area contributed by atoms with Gasteiger partial charge in [0, 0.05) is 12.6 Å². The average molecular weight is 205 g/mol. The first-order valence-electron chi connectivity index (χ1n) is 4.74. The molecule has 5 heteroatoms. The molecule has 2 aromatic rings. The minimum Gasteiger partial charge on any atom is -0.480 e. The summed E-state index contributed by atoms with van der Waals surface area (Å²) < 4.78 is 1.64. The first-order chi connectivity index (χ1) is 7.22. The quantitative estimate of drug-likeness (QED) is 0.814. The molecule has 78 valence electrons. The Morgan fingerprint density at radius 2 is 2.40 bits per heavy atom. The summed E-state index contributed by atoms with van der Waals surface area (Å²) in [7, 11) is 0. The van der Waals surface area contributed by atoms with E-state index < -0.39 is 5.97 Å². The van der Waals surface area contributed by atoms with Gasteiger partial charge in [-0.3, -0.25) is 4.79 Å². The second kappa shape index (κ2) is 3.68. The zero-order valence-corrected chi connectivity index (χ0v) is 8.34. The Morgan fingerprint density at radius 3 is 3.07 bits per heavy atom. The predicted molar refractivity (Wildman–Crippen MR) is 54.5 cm³/mol. The molecule has 2 aromatic heterocycles. The minimum atomic E-state index is -0.880. The third-order valence-electron chi connectivity index (χ3n) is 2.19. The molecule has 0 bridgehead atoms. The molecule has 0 aliphatic heterocycles. The van der Waals surface area contributed by atoms with E-state index in [-0.39, 0.29) is 6.54 Å². The number of rotatable bonds is 3. The van der Waals surface area contributed by atoms with Crippen molar-refractivity contribution in [3.8, 4) is 0 Å². The van der Waals surface area contributed by atoms with Gasteiger partial charge in [-0.25, -0.2) is 9.97 Å². The lowest BCUT2D eigenvalue weighted by atomic mass is 10.4. The average Bonchev–Trinajstić information content (AvgIpc) is 2.56. The Morgan fingerprint density at radius 1 is 1.60 bits per heavy atom. The predicted octanol–water partition coefficient (Wildman–Crippen LogP) is 1.08. The van der Waals surface area contributed by atoms with Crippen molar-refractivity contribution < 1.29 is 9.90 Å². The van der Waals surface area contributed by atoms with E-state index in [1.165, 1.54) is 0 Å². The summed E-state index contributed by atoms with van der Waals surface area (Å²) in [5.41, 5.74) is 1.38. The Hall–Kier alpha value is -1.91. The standard InChI is InChI=1S/C10H11N3O2/c1-2-8-12-7-4-3-5-11-10(7)13(8)6-9(14)15/h3-5H,2,6H2,1H3,(H,14,15). The van der Waals surface area contributed by atoms with Crippen molar-refractivity contribution in [2.45, 2.75) is 19.9 Å². The lowest BCUT2D eigenvalue weighted by Gasteiger charge is -2.02. The monoisotopic (exact) mass is 205 g/mol. The molecule has 0 unspecified atom stereocenters. The number of aryl methyl sites for hydroxylation is 1. The number of carbonyl (C=O) groups is 1. The number of fused-ring (bicyclic) bond motifs is 1. The summed E-state index contributed by atoms with van der Waals surface area (Å²) in [6.07, 6.45) is 2.34. The molecule has 0 spiro atoms. The van der Waals surface area contributed by atoms with Crippen LogP contribution in [0.5, 0.6) is 0 Å². The highest BCUT2D eigenvalue weighted by Crippen LogP contribution is 2.13. The molecular weight excluding hydrogens is 194 g/mol. The number of pyridine rings is 1. The number of imidazole rings is 1. The molecule has 1 N–H and O–H groups in total. The molecule has 0 fully saturated rings. The number of carboxylic acid groups (broad SMARTS) is 1. The molecule has 0 aromatic carbocycles. The Balaban J connectivity index is 2.61. The molecule has 15 heavy (non-hydrogen) atoms. The van der Waals surface area contributed by atoms with Crippen LogP contribution in [-0.2, 0) is 17.8 Å². The maximum Gasteiger partial charge on any atom is 0.323 e. The number of hydrogen-bond acceptors (Lipinski definition) is 3. The largest absolute Gasteiger partial charge is 0.480 e. The molecule has 2 heterocycles. The van der Waals surface area contributed by atoms with Gasteiger partial charge in [-0.05, 0) is 12.1 Å². The van der Waals surface area contributed by atoms with Crippen molar-refractivity contribution in [3.05, 3.63) is 24.2 Å². The topological polar surface area (TPSA) is 68.0 Å². The number of carboxylic acids is 1. The summed E-state index contributed by atoms with van der Waals surface area (Å²) in [5, 5.41) is 8.79. The van der Waals surface area contributed by atoms with Gasteiger partial charge in [0.05, 0.1) is 0 Å². The van der Waals surface area contributed by atoms with Crippen molar-refractivity contribution in [3.63, 3.8) is 0 Å². The highest BCUT2D eigenvalue weighted by Gasteiger charge is 2.11. The molecule has 0 radical (unpaired) electrons. The Bertz CT molecular complexity index is 504. The van der Waals surface area contributed by atoms with Crippen LogP contribution in [0.2, 0.25) is 0 Å². The van der Waals surface area contributed by atoms with E-state index in [4.69, 9.17) is 5.11 Å². The first kappa shape index (κ1) is 9.64. The van der Waals surface area contributed by atoms with Crippen LogP contribution in [0.25, 0.3) is 11.2 Å². The summed E-state index contributed by atoms with van der Waals surface area (Å²) in [6, 6.07) is 3.62. The zero-order valence-electron chi connectivity index (χ0n) is 8.34. The van der Waals surface area contributed by atoms with Crippen molar-refractivity contribution >= 4 is 17.1 Å². The Labute approximate surface area is 86.4 Å². The first-order valence-corrected chi connectivity index (χ1v) is 4.74. The van der Waals surface area contributed by atoms with E-state index in [2.05, 4.69) is 9.97 Å². The fourth-order valence-corrected chi connectivity index (χ4v) is 1.58. The van der Waals surface area contributed by atoms with Crippen molar-refractivity contribution in [1.29, 1.82) is 0 Å². The second-order valence-electron chi connectivity index (χ2n) is 3.21. The van der Waals surface area contributed by atoms with Gasteiger partial charge >= 0.3 is 5.97 Å². The molecular formula is C10H11N3O2. The van der Waals surface area contributed by atoms with Gasteiger partial charge < -0.3 is 9.67 Å². The van der Waals surface area contributed by atoms with E-state index in [0.717, 1.165) is 11.3 Å². The van der Waals surface area contributed by atoms with E-state index in [9.17, 15) is 4.79 Å². The van der Waals surface area contributed by atoms with Crippen LogP contribution in [0.4, 0.5) is 0 Å². The normalized spacial score (nSPS) is 10.7. The molecule has 0 saturated carbocycles. The summed E-state index contributed by atoms with van der Waals surface area (Å²) in [6.45, 7) is 1.86. The van der Waals surface area contributed by atoms with E-state index >= 15 is 0 Å². The van der Waals surface area contributed by atoms with Crippen LogP contribution in [0.3, 0.4) is 0 Å². The summed E-state index contributed by atoms with van der Waals surface area (Å²) in [5.74, 6) is -0.124. The summed E-state index contributed by atoms with van der Waals surface area (Å²) in [4.78, 5) is 19.2. The van der Waals surface area contributed by atoms with E-state index in [1.54, 1.807) is 16.8 Å². The molecule has 5 nitrogen and oxygen atoms in total. The third kappa shape index (κ3) is 1.68. The smallest absolute Gasteiger partial charge is 0.323 e. The van der Waals surface area contributed by atoms with Gasteiger partial charge in [-0.1, -0.05) is 6.92 Å². The Kier molecular flexibility index (Phi) is 2.37. The summed E-state index contributed by atoms with van der Waals surface area (Å²) >= 11 is 0. The fraction of sp³-hybridized carbons (Fsp3) is 0.300. The molecule has 0 atom stereocenters. The van der Waals surface area contributed by atoms with Gasteiger partial charge in [-0.15, -0.1) is 0 Å². The van der Waals surface area contributed by atoms with Crippen LogP contribution in [0, 0.1) is 0 Å². The SMILES string of the molecule is CCc1nc2cccnc2n1CC(=O)O. The van der Waals surface area contributed by atoms with Gasteiger partial charge in [0.15, 0.2) is 5.65 Å². The van der Waals surface area contributed by atoms with Crippen molar-refractivity contribution in [1.82, 2.24) is 14.5 Å². The van der Waals surface area contributed by atoms with Crippen LogP contribution in [0.1, 0.15) is 12.7 Å². The molecule has 0 saturated heterocycles. The van der Waals surface area contributed by atoms with Crippen LogP contribution in [-0.4, -0.2) is 25.6 Å². The number of aliphatic carboxylic acids is 1. The third-order valence-corrected chi connectivity index (χ3v) is 2.19. The van der Waals surface area contributed by atoms with Crippen molar-refractivity contribution in [2.75, 3.05) is 0 Å². The van der Waals surface area contributed by atoms with Crippen LogP contribution < -0.4 is 0 Å². The molecule has 2 rings (SSSR count). The zero-order chi connectivity index (χ0) is 10.8. The maximum atomic E-state index is 10.7. The minimum absolute atomic E-state index is 0.0866. The second-order valence-corrected chi connectivity index (χ2v) is 3.21. The number of hydrogen-bond donors (Lipinski definition) is 1. The van der Waals surface area contributed by atoms with E-state index in [1.807, 2.05) is 13.0 Å². The number of aromatic nitrogens is 3. The maximum absolute atomic E-state index is 10.7. The van der Waals surface area contributed by atoms with Crippen LogP contribution in [0.15, 0.2) is 18.3 Å². The fourth-order valence-electron chi connectivity index (χ4n) is 1.58. The molecule has 0 aliphatic carbocycles. The lowest BCUT2D eigenvalue weighted by molar-refractivity contribution is -0.137. The highest BCUT2D eigenvalue weighted by atomic mass is 16.4. The van der Waals surface area contributed by atoms with Gasteiger partial charge in [-0.2, -0.15) is 0 Å². The van der Waals surface area contributed by atoms with Crippen molar-refractivity contribution in [2.24, 2.45) is 0 Å². The van der Waals surface area contributed by atoms with E-state index in [0.29, 0.717) is 12.1 Å². The van der Waals surface area contributed by atoms with Gasteiger partial charge in [0.25, 0.3) is 0 Å². The van der Waals surface area contributed by atoms with Gasteiger partial charge in [0.2, 0.25) is 0 Å². The molecule has 0 aliphatic rings.